The van der Waals surface area contributed by atoms with Gasteiger partial charge in [0.05, 0.1) is 31.7 Å². The van der Waals surface area contributed by atoms with Gasteiger partial charge in [0.25, 0.3) is 31.9 Å². The molecule has 0 spiro atoms. The Morgan fingerprint density at radius 2 is 1.11 bits per heavy atom. The van der Waals surface area contributed by atoms with E-state index in [0.29, 0.717) is 41.5 Å². The van der Waals surface area contributed by atoms with Crippen LogP contribution in [0.3, 0.4) is 0 Å². The van der Waals surface area contributed by atoms with Crippen LogP contribution in [0.1, 0.15) is 102 Å². The number of anilines is 4. The molecule has 20 nitrogen and oxygen atoms in total. The van der Waals surface area contributed by atoms with Gasteiger partial charge in [-0.15, -0.1) is 0 Å². The molecule has 79 heavy (non-hydrogen) atoms. The number of sulfonamides is 2. The molecule has 0 aliphatic carbocycles. The van der Waals surface area contributed by atoms with Crippen molar-refractivity contribution in [3.05, 3.63) is 118 Å². The van der Waals surface area contributed by atoms with Crippen molar-refractivity contribution >= 4 is 55.1 Å². The Labute approximate surface area is 458 Å². The largest absolute Gasteiger partial charge is 0.496 e. The Kier molecular flexibility index (Phi) is 18.2. The lowest BCUT2D eigenvalue weighted by molar-refractivity contribution is 0.0970. The van der Waals surface area contributed by atoms with Crippen molar-refractivity contribution < 1.29 is 49.4 Å². The summed E-state index contributed by atoms with van der Waals surface area (Å²) in [6.45, 7) is 16.6. The van der Waals surface area contributed by atoms with Gasteiger partial charge in [-0.2, -0.15) is 16.8 Å². The molecule has 2 aliphatic heterocycles. The minimum atomic E-state index is -4.43. The van der Waals surface area contributed by atoms with Crippen molar-refractivity contribution in [2.24, 2.45) is 11.8 Å². The number of halogens is 2. The van der Waals surface area contributed by atoms with Crippen molar-refractivity contribution in [3.8, 4) is 39.8 Å². The van der Waals surface area contributed by atoms with Crippen LogP contribution in [0.4, 0.5) is 32.1 Å². The van der Waals surface area contributed by atoms with Gasteiger partial charge in [-0.25, -0.2) is 33.2 Å². The van der Waals surface area contributed by atoms with E-state index < -0.39 is 59.0 Å². The fraction of sp³-hybridized carbons (Fsp3) is 0.382. The van der Waals surface area contributed by atoms with Gasteiger partial charge < -0.3 is 40.5 Å². The van der Waals surface area contributed by atoms with Crippen molar-refractivity contribution in [1.29, 1.82) is 0 Å². The van der Waals surface area contributed by atoms with E-state index in [1.807, 2.05) is 69.9 Å². The average Bonchev–Trinajstić information content (AvgIpc) is 4.07. The Morgan fingerprint density at radius 1 is 0.658 bits per heavy atom. The monoisotopic (exact) mass is 1130 g/mol. The van der Waals surface area contributed by atoms with E-state index in [2.05, 4.69) is 19.7 Å². The van der Waals surface area contributed by atoms with E-state index in [1.165, 1.54) is 73.8 Å². The summed E-state index contributed by atoms with van der Waals surface area (Å²) in [6, 6.07) is 19.0. The molecular weight excluding hydrogens is 1060 g/mol. The van der Waals surface area contributed by atoms with Crippen LogP contribution in [0.25, 0.3) is 22.5 Å². The predicted molar refractivity (Wildman–Crippen MR) is 297 cm³/mol. The van der Waals surface area contributed by atoms with Gasteiger partial charge in [-0.3, -0.25) is 14.4 Å². The van der Waals surface area contributed by atoms with Crippen LogP contribution in [-0.2, 0) is 20.0 Å². The first-order chi connectivity index (χ1) is 37.2. The van der Waals surface area contributed by atoms with Crippen LogP contribution in [0.2, 0.25) is 0 Å². The van der Waals surface area contributed by atoms with E-state index in [1.54, 1.807) is 12.1 Å². The highest BCUT2D eigenvalue weighted by Gasteiger charge is 2.37. The maximum Gasteiger partial charge on any atom is 0.281 e. The third-order valence-corrected chi connectivity index (χ3v) is 15.5. The lowest BCUT2D eigenvalue weighted by Gasteiger charge is -2.30. The molecule has 4 aromatic heterocycles. The third-order valence-electron chi connectivity index (χ3n) is 13.1. The fourth-order valence-electron chi connectivity index (χ4n) is 9.31. The van der Waals surface area contributed by atoms with E-state index in [0.717, 1.165) is 31.7 Å². The lowest BCUT2D eigenvalue weighted by atomic mass is 10.1. The number of rotatable bonds is 17. The van der Waals surface area contributed by atoms with E-state index in [4.69, 9.17) is 30.7 Å². The van der Waals surface area contributed by atoms with Crippen molar-refractivity contribution in [2.45, 2.75) is 115 Å². The standard InChI is InChI=1S/C28H34FN5O5S.C27H32FN5O5S/c1-16(2)15-39-21-12-19(11-20(29)13-21)22-14-23(38-5)26(27(31-22)34-17(3)9-10-18(34)4)28(35)33-40(36,37)25-8-6-7-24(30)32-25;1-15(2)14-38-20-11-18(10-19(28)12-20)21-13-22(34)25(26(30-21)33-16(3)8-9-17(33)4)27(35)32-39(36,37)24-7-5-6-23(29)31-24/h6-8,11-14,16-18H,9-10,15H2,1-5H3,(H2,30,32)(H,33,35);5-7,10-13,15-17H,8-9,14H2,1-4H3,(H2,29,31)(H,30,34)(H,32,35)/t17-,18+;16-,17+. The minimum absolute atomic E-state index is 0.00125. The normalized spacial score (nSPS) is 17.3. The summed E-state index contributed by atoms with van der Waals surface area (Å²) in [6.07, 6.45) is 3.28. The molecule has 2 aliphatic rings. The summed E-state index contributed by atoms with van der Waals surface area (Å²) in [5, 5.41) is -0.857. The van der Waals surface area contributed by atoms with Gasteiger partial charge in [-0.1, -0.05) is 39.8 Å². The number of ether oxygens (including phenoxy) is 3. The highest BCUT2D eigenvalue weighted by atomic mass is 32.2. The number of nitrogens with one attached hydrogen (secondary N) is 3. The molecule has 422 valence electrons. The number of pyridine rings is 4. The number of aromatic amines is 1. The summed E-state index contributed by atoms with van der Waals surface area (Å²) in [5.41, 5.74) is 11.4. The Hall–Kier alpha value is -7.86. The van der Waals surface area contributed by atoms with Crippen LogP contribution in [0.15, 0.2) is 99.8 Å². The zero-order valence-corrected chi connectivity index (χ0v) is 47.0. The molecule has 7 N–H and O–H groups in total. The number of benzene rings is 2. The quantitative estimate of drug-likeness (QED) is 0.0576. The predicted octanol–water partition coefficient (Wildman–Crippen LogP) is 8.09. The molecule has 2 fully saturated rings. The summed E-state index contributed by atoms with van der Waals surface area (Å²) < 4.78 is 102. The molecule has 0 unspecified atom stereocenters. The highest BCUT2D eigenvalue weighted by Crippen LogP contribution is 2.39. The second-order valence-electron chi connectivity index (χ2n) is 20.5. The average molecular weight is 1130 g/mol. The second kappa shape index (κ2) is 24.4. The smallest absolute Gasteiger partial charge is 0.281 e. The molecule has 2 amide bonds. The van der Waals surface area contributed by atoms with Gasteiger partial charge in [0, 0.05) is 59.6 Å². The number of methoxy groups -OCH3 is 1. The fourth-order valence-corrected chi connectivity index (χ4v) is 11.2. The molecule has 2 aromatic carbocycles. The Bertz CT molecular complexity index is 3510. The Balaban J connectivity index is 0.000000229. The summed E-state index contributed by atoms with van der Waals surface area (Å²) in [5.74, 6) is -1.61. The number of nitrogens with two attached hydrogens (primary N) is 2. The van der Waals surface area contributed by atoms with Crippen LogP contribution in [0, 0.1) is 23.5 Å². The molecule has 0 radical (unpaired) electrons. The number of nitrogen functional groups attached to an aromatic ring is 2. The van der Waals surface area contributed by atoms with E-state index in [-0.39, 0.29) is 81.8 Å². The van der Waals surface area contributed by atoms with Gasteiger partial charge in [0.15, 0.2) is 15.5 Å². The SMILES string of the molecule is CC(C)COc1cc(F)cc(-c2cc(=O)c(C(=O)NS(=O)(=O)c3cccc(N)n3)c(N3[C@H](C)CC[C@@H]3C)[nH]2)c1.COc1cc(-c2cc(F)cc(OCC(C)C)c2)nc(N2[C@H](C)CC[C@@H]2C)c1C(=O)NS(=O)(=O)c1cccc(N)n1. The first-order valence-corrected chi connectivity index (χ1v) is 28.6. The third kappa shape index (κ3) is 14.1. The number of amides is 2. The number of carbonyl (C=O) groups is 2. The zero-order chi connectivity index (χ0) is 57.7. The van der Waals surface area contributed by atoms with Gasteiger partial charge in [-0.05, 0) is 114 Å². The first kappa shape index (κ1) is 58.8. The second-order valence-corrected chi connectivity index (χ2v) is 23.7. The topological polar surface area (TPSA) is 284 Å². The molecule has 0 bridgehead atoms. The van der Waals surface area contributed by atoms with Crippen LogP contribution in [-0.4, -0.2) is 93.1 Å². The van der Waals surface area contributed by atoms with Gasteiger partial charge >= 0.3 is 0 Å². The first-order valence-electron chi connectivity index (χ1n) is 25.6. The number of nitrogens with zero attached hydrogens (tertiary/aromatic N) is 5. The zero-order valence-electron chi connectivity index (χ0n) is 45.3. The molecule has 6 aromatic rings. The van der Waals surface area contributed by atoms with Crippen LogP contribution in [0.5, 0.6) is 17.2 Å². The molecule has 6 heterocycles. The number of carbonyl (C=O) groups excluding carboxylic acids is 2. The molecule has 8 rings (SSSR count). The molecule has 2 saturated heterocycles. The van der Waals surface area contributed by atoms with Crippen molar-refractivity contribution in [2.75, 3.05) is 41.6 Å². The van der Waals surface area contributed by atoms with E-state index >= 15 is 0 Å². The molecule has 0 saturated carbocycles. The van der Waals surface area contributed by atoms with Crippen molar-refractivity contribution in [3.63, 3.8) is 0 Å². The maximum atomic E-state index is 14.6. The summed E-state index contributed by atoms with van der Waals surface area (Å²) >= 11 is 0. The lowest BCUT2D eigenvalue weighted by Crippen LogP contribution is -2.40. The summed E-state index contributed by atoms with van der Waals surface area (Å²) in [4.78, 5) is 59.8. The minimum Gasteiger partial charge on any atom is -0.496 e. The number of H-pyrrole nitrogens is 1. The summed E-state index contributed by atoms with van der Waals surface area (Å²) in [7, 11) is -7.43. The van der Waals surface area contributed by atoms with E-state index in [9.17, 15) is 40.0 Å². The Morgan fingerprint density at radius 3 is 1.58 bits per heavy atom. The number of hydrogen-bond acceptors (Lipinski definition) is 17. The van der Waals surface area contributed by atoms with Gasteiger partial charge in [0.2, 0.25) is 0 Å². The number of aromatic nitrogens is 4. The van der Waals surface area contributed by atoms with Crippen LogP contribution < -0.4 is 50.4 Å². The molecule has 4 atom stereocenters. The van der Waals surface area contributed by atoms with Crippen molar-refractivity contribution in [1.82, 2.24) is 29.4 Å². The highest BCUT2D eigenvalue weighted by molar-refractivity contribution is 7.90. The number of hydrogen-bond donors (Lipinski definition) is 5. The molecular formula is C55H66F2N10O10S2. The van der Waals surface area contributed by atoms with Gasteiger partial charge in [0.1, 0.15) is 63.3 Å². The maximum absolute atomic E-state index is 14.6. The molecule has 24 heteroatoms. The van der Waals surface area contributed by atoms with Crippen LogP contribution >= 0.6 is 0 Å².